The number of nitrogens with two attached hydrogens (primary N) is 1. The highest BCUT2D eigenvalue weighted by Crippen LogP contribution is 2.32. The van der Waals surface area contributed by atoms with E-state index >= 15 is 0 Å². The molecule has 2 heterocycles. The molecule has 9 heteroatoms. The van der Waals surface area contributed by atoms with E-state index in [0.717, 1.165) is 0 Å². The molecule has 0 bridgehead atoms. The van der Waals surface area contributed by atoms with Crippen LogP contribution in [0.3, 0.4) is 0 Å². The van der Waals surface area contributed by atoms with Crippen LogP contribution in [-0.4, -0.2) is 59.0 Å². The summed E-state index contributed by atoms with van der Waals surface area (Å²) in [6.07, 6.45) is 1.01. The minimum Gasteiger partial charge on any atom is -0.444 e. The van der Waals surface area contributed by atoms with Crippen molar-refractivity contribution in [1.82, 2.24) is 9.88 Å². The van der Waals surface area contributed by atoms with Crippen LogP contribution in [0.1, 0.15) is 26.3 Å². The molecule has 25 heavy (non-hydrogen) atoms. The Morgan fingerprint density at radius 2 is 2.24 bits per heavy atom. The Bertz CT molecular complexity index is 698. The van der Waals surface area contributed by atoms with Gasteiger partial charge in [0.2, 0.25) is 0 Å². The Kier molecular flexibility index (Phi) is 5.75. The van der Waals surface area contributed by atoms with Gasteiger partial charge in [0.05, 0.1) is 34.6 Å². The molecule has 8 nitrogen and oxygen atoms in total. The second kappa shape index (κ2) is 7.45. The fraction of sp³-hybridized carbons (Fsp3) is 0.562. The molecule has 3 N–H and O–H groups in total. The number of amides is 1. The van der Waals surface area contributed by atoms with E-state index in [1.807, 2.05) is 31.7 Å². The Morgan fingerprint density at radius 3 is 2.80 bits per heavy atom. The van der Waals surface area contributed by atoms with Gasteiger partial charge in [-0.05, 0) is 36.7 Å². The predicted molar refractivity (Wildman–Crippen MR) is 97.1 cm³/mol. The van der Waals surface area contributed by atoms with Gasteiger partial charge in [-0.25, -0.2) is 9.78 Å². The van der Waals surface area contributed by atoms with E-state index in [1.165, 1.54) is 6.20 Å². The molecule has 136 valence electrons. The summed E-state index contributed by atoms with van der Waals surface area (Å²) < 4.78 is 5.87. The first kappa shape index (κ1) is 19.3. The summed E-state index contributed by atoms with van der Waals surface area (Å²) >= 11 is 3.37. The van der Waals surface area contributed by atoms with E-state index in [4.69, 9.17) is 10.5 Å². The molecule has 0 radical (unpaired) electrons. The highest BCUT2D eigenvalue weighted by atomic mass is 79.9. The summed E-state index contributed by atoms with van der Waals surface area (Å²) in [4.78, 5) is 20.0. The van der Waals surface area contributed by atoms with Gasteiger partial charge in [-0.2, -0.15) is 5.26 Å². The van der Waals surface area contributed by atoms with Crippen molar-refractivity contribution in [3.63, 3.8) is 0 Å². The predicted octanol–water partition coefficient (Wildman–Crippen LogP) is 1.72. The van der Waals surface area contributed by atoms with Gasteiger partial charge in [0.25, 0.3) is 0 Å². The van der Waals surface area contributed by atoms with Crippen molar-refractivity contribution in [1.29, 1.82) is 5.26 Å². The van der Waals surface area contributed by atoms with Crippen molar-refractivity contribution in [2.24, 2.45) is 0 Å². The Labute approximate surface area is 155 Å². The maximum absolute atomic E-state index is 12.2. The lowest BCUT2D eigenvalue weighted by Gasteiger charge is -2.41. The van der Waals surface area contributed by atoms with Crippen LogP contribution in [0.4, 0.5) is 16.3 Å². The average Bonchev–Trinajstić information content (AvgIpc) is 2.53. The van der Waals surface area contributed by atoms with E-state index in [2.05, 4.69) is 20.9 Å². The zero-order chi connectivity index (χ0) is 18.8. The molecular weight excluding hydrogens is 390 g/mol. The zero-order valence-corrected chi connectivity index (χ0v) is 16.1. The largest absolute Gasteiger partial charge is 0.444 e. The van der Waals surface area contributed by atoms with Crippen LogP contribution in [0, 0.1) is 11.3 Å². The molecule has 1 atom stereocenters. The van der Waals surface area contributed by atoms with Gasteiger partial charge in [-0.15, -0.1) is 0 Å². The number of rotatable bonds is 2. The smallest absolute Gasteiger partial charge is 0.410 e. The van der Waals surface area contributed by atoms with Crippen molar-refractivity contribution in [2.45, 2.75) is 32.4 Å². The molecule has 0 saturated carbocycles. The van der Waals surface area contributed by atoms with Crippen molar-refractivity contribution < 1.29 is 14.6 Å². The fourth-order valence-corrected chi connectivity index (χ4v) is 3.23. The van der Waals surface area contributed by atoms with Crippen molar-refractivity contribution >= 4 is 33.5 Å². The normalized spacial score (nSPS) is 18.0. The third-order valence-electron chi connectivity index (χ3n) is 3.76. The average molecular weight is 412 g/mol. The van der Waals surface area contributed by atoms with E-state index < -0.39 is 11.7 Å². The lowest BCUT2D eigenvalue weighted by atomic mass is 10.1. The van der Waals surface area contributed by atoms with E-state index in [9.17, 15) is 15.2 Å². The summed E-state index contributed by atoms with van der Waals surface area (Å²) in [6, 6.07) is 1.68. The van der Waals surface area contributed by atoms with Gasteiger partial charge in [0.15, 0.2) is 0 Å². The van der Waals surface area contributed by atoms with E-state index in [0.29, 0.717) is 35.5 Å². The molecule has 1 aromatic rings. The first-order valence-electron chi connectivity index (χ1n) is 7.87. The number of piperazine rings is 1. The minimum atomic E-state index is -0.577. The summed E-state index contributed by atoms with van der Waals surface area (Å²) in [5.74, 6) is 0.522. The lowest BCUT2D eigenvalue weighted by Crippen LogP contribution is -2.57. The fourth-order valence-electron chi connectivity index (χ4n) is 2.59. The highest BCUT2D eigenvalue weighted by molar-refractivity contribution is 9.10. The maximum Gasteiger partial charge on any atom is 0.410 e. The molecule has 1 saturated heterocycles. The SMILES string of the molecule is CC(C)(C)OC(=O)N1CCN(c2ncc(N)c(C#N)c2Br)[C@H](CO)C1. The number of hydrogen-bond acceptors (Lipinski definition) is 7. The highest BCUT2D eigenvalue weighted by Gasteiger charge is 2.33. The minimum absolute atomic E-state index is 0.167. The van der Waals surface area contributed by atoms with Crippen molar-refractivity contribution in [2.75, 3.05) is 36.9 Å². The monoisotopic (exact) mass is 411 g/mol. The van der Waals surface area contributed by atoms with Gasteiger partial charge in [0, 0.05) is 19.6 Å². The quantitative estimate of drug-likeness (QED) is 0.760. The first-order chi connectivity index (χ1) is 11.7. The number of aromatic nitrogens is 1. The number of hydrogen-bond donors (Lipinski definition) is 2. The van der Waals surface area contributed by atoms with Gasteiger partial charge < -0.3 is 25.4 Å². The number of nitrogen functional groups attached to an aromatic ring is 1. The molecule has 1 aromatic heterocycles. The van der Waals surface area contributed by atoms with Crippen LogP contribution in [0.5, 0.6) is 0 Å². The summed E-state index contributed by atoms with van der Waals surface area (Å²) in [6.45, 7) is 6.43. The van der Waals surface area contributed by atoms with Crippen LogP contribution in [0.25, 0.3) is 0 Å². The molecule has 0 spiro atoms. The zero-order valence-electron chi connectivity index (χ0n) is 14.5. The maximum atomic E-state index is 12.2. The topological polar surface area (TPSA) is 116 Å². The van der Waals surface area contributed by atoms with Gasteiger partial charge >= 0.3 is 6.09 Å². The Balaban J connectivity index is 2.21. The number of carbonyl (C=O) groups is 1. The molecule has 1 amide bonds. The van der Waals surface area contributed by atoms with Crippen LogP contribution < -0.4 is 10.6 Å². The van der Waals surface area contributed by atoms with Crippen LogP contribution in [0.2, 0.25) is 0 Å². The number of pyridine rings is 1. The molecular formula is C16H22BrN5O3. The van der Waals surface area contributed by atoms with Gasteiger partial charge in [-0.1, -0.05) is 0 Å². The third kappa shape index (κ3) is 4.32. The number of ether oxygens (including phenoxy) is 1. The molecule has 1 aliphatic rings. The lowest BCUT2D eigenvalue weighted by molar-refractivity contribution is 0.0197. The molecule has 1 aliphatic heterocycles. The number of aliphatic hydroxyl groups excluding tert-OH is 1. The molecule has 2 rings (SSSR count). The second-order valence-electron chi connectivity index (χ2n) is 6.79. The van der Waals surface area contributed by atoms with Gasteiger partial charge in [0.1, 0.15) is 17.5 Å². The van der Waals surface area contributed by atoms with Crippen LogP contribution >= 0.6 is 15.9 Å². The van der Waals surface area contributed by atoms with E-state index in [1.54, 1.807) is 4.90 Å². The Morgan fingerprint density at radius 1 is 1.56 bits per heavy atom. The molecule has 0 aliphatic carbocycles. The van der Waals surface area contributed by atoms with Crippen molar-refractivity contribution in [3.05, 3.63) is 16.2 Å². The van der Waals surface area contributed by atoms with Gasteiger partial charge in [-0.3, -0.25) is 0 Å². The molecule has 0 unspecified atom stereocenters. The number of nitrogens with zero attached hydrogens (tertiary/aromatic N) is 4. The third-order valence-corrected chi connectivity index (χ3v) is 4.51. The number of nitriles is 1. The summed E-state index contributed by atoms with van der Waals surface area (Å²) in [5.41, 5.74) is 5.77. The second-order valence-corrected chi connectivity index (χ2v) is 7.59. The number of carbonyl (C=O) groups excluding carboxylic acids is 1. The molecule has 1 fully saturated rings. The number of halogens is 1. The number of aliphatic hydroxyl groups is 1. The summed E-state index contributed by atoms with van der Waals surface area (Å²) in [7, 11) is 0. The Hall–Kier alpha value is -2.05. The van der Waals surface area contributed by atoms with Crippen molar-refractivity contribution in [3.8, 4) is 6.07 Å². The standard InChI is InChI=1S/C16H22BrN5O3/c1-16(2,3)25-15(24)21-4-5-22(10(8-21)9-23)14-13(17)11(6-18)12(19)7-20-14/h7,10,23H,4-5,8-9,19H2,1-3H3/t10-/m0/s1. The first-order valence-corrected chi connectivity index (χ1v) is 8.66. The van der Waals surface area contributed by atoms with Crippen LogP contribution in [0.15, 0.2) is 10.7 Å². The summed E-state index contributed by atoms with van der Waals surface area (Å²) in [5, 5.41) is 19.0. The van der Waals surface area contributed by atoms with E-state index in [-0.39, 0.29) is 18.3 Å². The molecule has 0 aromatic carbocycles. The van der Waals surface area contributed by atoms with Crippen LogP contribution in [-0.2, 0) is 4.74 Å². The number of anilines is 2.